The monoisotopic (exact) mass is 237 g/mol. The lowest BCUT2D eigenvalue weighted by Gasteiger charge is -2.33. The van der Waals surface area contributed by atoms with E-state index in [1.54, 1.807) is 0 Å². The van der Waals surface area contributed by atoms with Gasteiger partial charge in [-0.15, -0.1) is 0 Å². The van der Waals surface area contributed by atoms with Crippen molar-refractivity contribution in [2.75, 3.05) is 38.1 Å². The summed E-state index contributed by atoms with van der Waals surface area (Å²) in [7, 11) is 2.04. The summed E-state index contributed by atoms with van der Waals surface area (Å²) in [6.45, 7) is 3.38. The molecule has 0 spiro atoms. The van der Waals surface area contributed by atoms with Crippen LogP contribution >= 0.6 is 0 Å². The zero-order valence-electron chi connectivity index (χ0n) is 9.64. The summed E-state index contributed by atoms with van der Waals surface area (Å²) >= 11 is 0. The largest absolute Gasteiger partial charge is 0.478 e. The highest BCUT2D eigenvalue weighted by Crippen LogP contribution is 2.13. The second-order valence-electron chi connectivity index (χ2n) is 4.21. The van der Waals surface area contributed by atoms with Crippen LogP contribution in [-0.2, 0) is 0 Å². The van der Waals surface area contributed by atoms with Crippen molar-refractivity contribution < 1.29 is 9.90 Å². The van der Waals surface area contributed by atoms with Crippen LogP contribution in [0.4, 0.5) is 5.82 Å². The second-order valence-corrected chi connectivity index (χ2v) is 4.21. The Morgan fingerprint density at radius 1 is 1.29 bits per heavy atom. The van der Waals surface area contributed by atoms with Gasteiger partial charge >= 0.3 is 5.97 Å². The highest BCUT2D eigenvalue weighted by Gasteiger charge is 2.16. The number of carboxylic acids is 1. The third kappa shape index (κ3) is 2.65. The van der Waals surface area contributed by atoms with Gasteiger partial charge in [-0.05, 0) is 13.1 Å². The molecule has 6 nitrogen and oxygen atoms in total. The lowest BCUT2D eigenvalue weighted by Crippen LogP contribution is -2.45. The summed E-state index contributed by atoms with van der Waals surface area (Å²) in [5, 5.41) is 8.89. The quantitative estimate of drug-likeness (QED) is 0.746. The van der Waals surface area contributed by atoms with Crippen molar-refractivity contribution in [3.8, 4) is 0 Å². The Kier molecular flexibility index (Phi) is 3.14. The lowest BCUT2D eigenvalue weighted by molar-refractivity contribution is 0.0696. The van der Waals surface area contributed by atoms with Gasteiger partial charge in [0, 0.05) is 32.2 Å². The smallest absolute Gasteiger partial charge is 0.336 e. The predicted molar refractivity (Wildman–Crippen MR) is 63.7 cm³/mol. The van der Waals surface area contributed by atoms with Gasteiger partial charge in [-0.1, -0.05) is 0 Å². The standard InChI is InChI=1S/C11H15N3O3/c1-13-2-4-14(5-3-13)9-6-8(11(16)17)7-10(15)12-9/h6-7H,2-5H2,1H3,(H,12,15)(H,16,17). The van der Waals surface area contributed by atoms with Crippen LogP contribution in [-0.4, -0.2) is 54.2 Å². The molecule has 1 aromatic heterocycles. The second kappa shape index (κ2) is 4.58. The Balaban J connectivity index is 2.26. The molecule has 2 rings (SSSR count). The first kappa shape index (κ1) is 11.7. The predicted octanol–water partition coefficient (Wildman–Crippen LogP) is -0.175. The van der Waals surface area contributed by atoms with Gasteiger partial charge in [-0.25, -0.2) is 4.79 Å². The first-order valence-electron chi connectivity index (χ1n) is 5.47. The Hall–Kier alpha value is -1.82. The Morgan fingerprint density at radius 2 is 1.94 bits per heavy atom. The van der Waals surface area contributed by atoms with Gasteiger partial charge in [-0.2, -0.15) is 0 Å². The summed E-state index contributed by atoms with van der Waals surface area (Å²) in [5.41, 5.74) is -0.346. The molecule has 0 bridgehead atoms. The fourth-order valence-corrected chi connectivity index (χ4v) is 1.87. The van der Waals surface area contributed by atoms with Crippen molar-refractivity contribution >= 4 is 11.8 Å². The van der Waals surface area contributed by atoms with Crippen LogP contribution in [0.15, 0.2) is 16.9 Å². The van der Waals surface area contributed by atoms with Gasteiger partial charge in [0.15, 0.2) is 0 Å². The highest BCUT2D eigenvalue weighted by molar-refractivity contribution is 5.88. The van der Waals surface area contributed by atoms with Gasteiger partial charge in [0.25, 0.3) is 0 Å². The van der Waals surface area contributed by atoms with E-state index in [1.807, 2.05) is 11.9 Å². The molecular weight excluding hydrogens is 222 g/mol. The van der Waals surface area contributed by atoms with Crippen LogP contribution in [0.25, 0.3) is 0 Å². The van der Waals surface area contributed by atoms with E-state index in [9.17, 15) is 9.59 Å². The van der Waals surface area contributed by atoms with Crippen LogP contribution in [0.1, 0.15) is 10.4 Å². The molecule has 0 aromatic carbocycles. The third-order valence-corrected chi connectivity index (χ3v) is 2.92. The van der Waals surface area contributed by atoms with Crippen molar-refractivity contribution in [1.29, 1.82) is 0 Å². The summed E-state index contributed by atoms with van der Waals surface area (Å²) in [5.74, 6) is -0.491. The minimum atomic E-state index is -1.08. The molecule has 1 aromatic rings. The number of nitrogens with zero attached hydrogens (tertiary/aromatic N) is 2. The van der Waals surface area contributed by atoms with Crippen LogP contribution in [0, 0.1) is 0 Å². The minimum absolute atomic E-state index is 0.0303. The van der Waals surface area contributed by atoms with Gasteiger partial charge in [0.2, 0.25) is 5.56 Å². The normalized spacial score (nSPS) is 17.1. The summed E-state index contributed by atoms with van der Waals surface area (Å²) in [6, 6.07) is 2.61. The summed E-state index contributed by atoms with van der Waals surface area (Å²) in [6.07, 6.45) is 0. The first-order valence-corrected chi connectivity index (χ1v) is 5.47. The van der Waals surface area contributed by atoms with Crippen LogP contribution in [0.5, 0.6) is 0 Å². The molecule has 2 N–H and O–H groups in total. The minimum Gasteiger partial charge on any atom is -0.478 e. The Bertz CT molecular complexity index is 475. The zero-order chi connectivity index (χ0) is 12.4. The molecule has 1 fully saturated rings. The van der Waals surface area contributed by atoms with Gasteiger partial charge < -0.3 is 19.9 Å². The number of hydrogen-bond acceptors (Lipinski definition) is 4. The van der Waals surface area contributed by atoms with E-state index >= 15 is 0 Å². The number of rotatable bonds is 2. The summed E-state index contributed by atoms with van der Waals surface area (Å²) < 4.78 is 0. The molecule has 0 radical (unpaired) electrons. The fourth-order valence-electron chi connectivity index (χ4n) is 1.87. The molecule has 2 heterocycles. The molecule has 1 saturated heterocycles. The van der Waals surface area contributed by atoms with Gasteiger partial charge in [0.1, 0.15) is 5.82 Å². The van der Waals surface area contributed by atoms with E-state index in [2.05, 4.69) is 9.88 Å². The maximum atomic E-state index is 11.4. The maximum absolute atomic E-state index is 11.4. The van der Waals surface area contributed by atoms with Crippen molar-refractivity contribution in [2.45, 2.75) is 0 Å². The number of carbonyl (C=O) groups is 1. The molecular formula is C11H15N3O3. The topological polar surface area (TPSA) is 76.6 Å². The molecule has 0 aliphatic carbocycles. The number of carboxylic acid groups (broad SMARTS) is 1. The van der Waals surface area contributed by atoms with Crippen molar-refractivity contribution in [1.82, 2.24) is 9.88 Å². The SMILES string of the molecule is CN1CCN(c2cc(C(=O)O)cc(=O)[nH]2)CC1. The van der Waals surface area contributed by atoms with Crippen LogP contribution in [0.3, 0.4) is 0 Å². The number of anilines is 1. The molecule has 0 amide bonds. The maximum Gasteiger partial charge on any atom is 0.336 e. The number of pyridine rings is 1. The first-order chi connectivity index (χ1) is 8.06. The molecule has 1 aliphatic heterocycles. The molecule has 17 heavy (non-hydrogen) atoms. The number of likely N-dealkylation sites (N-methyl/N-ethyl adjacent to an activating group) is 1. The zero-order valence-corrected chi connectivity index (χ0v) is 9.64. The number of aromatic carboxylic acids is 1. The number of nitrogens with one attached hydrogen (secondary N) is 1. The van der Waals surface area contributed by atoms with E-state index in [0.717, 1.165) is 32.2 Å². The van der Waals surface area contributed by atoms with E-state index in [1.165, 1.54) is 6.07 Å². The van der Waals surface area contributed by atoms with E-state index in [0.29, 0.717) is 5.82 Å². The molecule has 0 atom stereocenters. The Labute approximate surface area is 98.5 Å². The number of aromatic amines is 1. The number of piperazine rings is 1. The van der Waals surface area contributed by atoms with Crippen molar-refractivity contribution in [2.24, 2.45) is 0 Å². The van der Waals surface area contributed by atoms with E-state index < -0.39 is 5.97 Å². The average molecular weight is 237 g/mol. The summed E-state index contributed by atoms with van der Waals surface area (Å²) in [4.78, 5) is 29.1. The average Bonchev–Trinajstić information content (AvgIpc) is 2.29. The number of hydrogen-bond donors (Lipinski definition) is 2. The molecule has 1 aliphatic rings. The molecule has 6 heteroatoms. The van der Waals surface area contributed by atoms with Gasteiger partial charge in [0.05, 0.1) is 5.56 Å². The van der Waals surface area contributed by atoms with E-state index in [-0.39, 0.29) is 11.1 Å². The third-order valence-electron chi connectivity index (χ3n) is 2.92. The molecule has 0 saturated carbocycles. The van der Waals surface area contributed by atoms with Gasteiger partial charge in [-0.3, -0.25) is 4.79 Å². The number of aromatic nitrogens is 1. The van der Waals surface area contributed by atoms with E-state index in [4.69, 9.17) is 5.11 Å². The van der Waals surface area contributed by atoms with Crippen LogP contribution in [0.2, 0.25) is 0 Å². The fraction of sp³-hybridized carbons (Fsp3) is 0.455. The van der Waals surface area contributed by atoms with Crippen molar-refractivity contribution in [3.63, 3.8) is 0 Å². The Morgan fingerprint density at radius 3 is 2.53 bits per heavy atom. The number of H-pyrrole nitrogens is 1. The molecule has 92 valence electrons. The highest BCUT2D eigenvalue weighted by atomic mass is 16.4. The van der Waals surface area contributed by atoms with Crippen molar-refractivity contribution in [3.05, 3.63) is 28.0 Å². The lowest BCUT2D eigenvalue weighted by atomic mass is 10.2. The van der Waals surface area contributed by atoms with Crippen LogP contribution < -0.4 is 10.5 Å². The molecule has 0 unspecified atom stereocenters.